The Morgan fingerprint density at radius 3 is 2.89 bits per heavy atom. The van der Waals surface area contributed by atoms with E-state index in [0.717, 1.165) is 37.9 Å². The van der Waals surface area contributed by atoms with Crippen LogP contribution in [0.1, 0.15) is 31.7 Å². The molecule has 0 bridgehead atoms. The summed E-state index contributed by atoms with van der Waals surface area (Å²) in [5, 5.41) is 0. The minimum absolute atomic E-state index is 0.113. The fourth-order valence-electron chi connectivity index (χ4n) is 3.07. The first-order valence-electron chi connectivity index (χ1n) is 7.37. The van der Waals surface area contributed by atoms with Crippen LogP contribution in [-0.2, 0) is 6.54 Å². The summed E-state index contributed by atoms with van der Waals surface area (Å²) >= 11 is 0. The van der Waals surface area contributed by atoms with Crippen molar-refractivity contribution in [3.8, 4) is 5.75 Å². The molecule has 1 heterocycles. The van der Waals surface area contributed by atoms with Crippen LogP contribution < -0.4 is 10.5 Å². The number of benzene rings is 1. The van der Waals surface area contributed by atoms with Gasteiger partial charge in [0.25, 0.3) is 0 Å². The molecule has 3 nitrogen and oxygen atoms in total. The van der Waals surface area contributed by atoms with Crippen molar-refractivity contribution < 1.29 is 4.74 Å². The van der Waals surface area contributed by atoms with Gasteiger partial charge in [-0.25, -0.2) is 0 Å². The first-order valence-corrected chi connectivity index (χ1v) is 7.37. The maximum Gasteiger partial charge on any atom is 0.123 e. The summed E-state index contributed by atoms with van der Waals surface area (Å²) in [5.74, 6) is 1.93. The Bertz CT molecular complexity index is 444. The van der Waals surface area contributed by atoms with Crippen molar-refractivity contribution in [3.05, 3.63) is 29.8 Å². The molecule has 3 heteroatoms. The number of ether oxygens (including phenoxy) is 1. The lowest BCUT2D eigenvalue weighted by atomic mass is 9.92. The number of fused-ring (bicyclic) bond motifs is 1. The summed E-state index contributed by atoms with van der Waals surface area (Å²) in [6.07, 6.45) is 4.00. The van der Waals surface area contributed by atoms with Crippen molar-refractivity contribution >= 4 is 0 Å². The van der Waals surface area contributed by atoms with Gasteiger partial charge in [0.05, 0.1) is 0 Å². The third-order valence-corrected chi connectivity index (χ3v) is 4.58. The molecule has 1 aliphatic carbocycles. The van der Waals surface area contributed by atoms with Gasteiger partial charge in [0.15, 0.2) is 0 Å². The Balaban J connectivity index is 1.80. The summed E-state index contributed by atoms with van der Waals surface area (Å²) in [6, 6.07) is 8.37. The molecule has 0 radical (unpaired) electrons. The molecule has 104 valence electrons. The minimum atomic E-state index is 0.113. The van der Waals surface area contributed by atoms with E-state index in [2.05, 4.69) is 30.0 Å². The Kier molecular flexibility index (Phi) is 3.50. The number of rotatable bonds is 4. The average Bonchev–Trinajstić information content (AvgIpc) is 3.23. The van der Waals surface area contributed by atoms with Crippen LogP contribution in [-0.4, -0.2) is 30.1 Å². The third-order valence-electron chi connectivity index (χ3n) is 4.58. The van der Waals surface area contributed by atoms with Crippen LogP contribution in [0.2, 0.25) is 0 Å². The third kappa shape index (κ3) is 2.77. The van der Waals surface area contributed by atoms with Crippen LogP contribution in [0.3, 0.4) is 0 Å². The van der Waals surface area contributed by atoms with E-state index in [1.807, 2.05) is 6.07 Å². The van der Waals surface area contributed by atoms with Gasteiger partial charge in [-0.15, -0.1) is 0 Å². The molecule has 0 aromatic heterocycles. The highest BCUT2D eigenvalue weighted by Gasteiger charge is 2.37. The molecule has 19 heavy (non-hydrogen) atoms. The van der Waals surface area contributed by atoms with Crippen LogP contribution in [0.15, 0.2) is 24.3 Å². The molecule has 1 fully saturated rings. The van der Waals surface area contributed by atoms with Crippen molar-refractivity contribution in [1.82, 2.24) is 4.90 Å². The zero-order chi connectivity index (χ0) is 13.3. The predicted octanol–water partition coefficient (Wildman–Crippen LogP) is 2.40. The fraction of sp³-hybridized carbons (Fsp3) is 0.625. The summed E-state index contributed by atoms with van der Waals surface area (Å²) in [4.78, 5) is 2.52. The molecule has 1 saturated carbocycles. The smallest absolute Gasteiger partial charge is 0.123 e. The Labute approximate surface area is 115 Å². The molecule has 2 aliphatic rings. The van der Waals surface area contributed by atoms with Gasteiger partial charge in [0.2, 0.25) is 0 Å². The fourth-order valence-corrected chi connectivity index (χ4v) is 3.07. The SMILES string of the molecule is CC(CN)(CC1CC1)N1CCOc2ccccc2C1. The van der Waals surface area contributed by atoms with Gasteiger partial charge in [-0.3, -0.25) is 4.90 Å². The highest BCUT2D eigenvalue weighted by atomic mass is 16.5. The predicted molar refractivity (Wildman–Crippen MR) is 77.1 cm³/mol. The van der Waals surface area contributed by atoms with Gasteiger partial charge < -0.3 is 10.5 Å². The van der Waals surface area contributed by atoms with Crippen molar-refractivity contribution in [1.29, 1.82) is 0 Å². The summed E-state index contributed by atoms with van der Waals surface area (Å²) in [5.41, 5.74) is 7.50. The first-order chi connectivity index (χ1) is 9.21. The van der Waals surface area contributed by atoms with Crippen LogP contribution in [0.25, 0.3) is 0 Å². The van der Waals surface area contributed by atoms with Gasteiger partial charge in [0.1, 0.15) is 12.4 Å². The van der Waals surface area contributed by atoms with E-state index in [4.69, 9.17) is 10.5 Å². The summed E-state index contributed by atoms with van der Waals surface area (Å²) in [7, 11) is 0. The number of hydrogen-bond acceptors (Lipinski definition) is 3. The second-order valence-corrected chi connectivity index (χ2v) is 6.23. The van der Waals surface area contributed by atoms with Gasteiger partial charge >= 0.3 is 0 Å². The Morgan fingerprint density at radius 1 is 1.37 bits per heavy atom. The van der Waals surface area contributed by atoms with Crippen molar-refractivity contribution in [3.63, 3.8) is 0 Å². The molecule has 0 amide bonds. The van der Waals surface area contributed by atoms with Gasteiger partial charge in [-0.2, -0.15) is 0 Å². The standard InChI is InChI=1S/C16H24N2O/c1-16(12-17,10-13-6-7-13)18-8-9-19-15-5-3-2-4-14(15)11-18/h2-5,13H,6-12,17H2,1H3. The number of para-hydroxylation sites is 1. The maximum absolute atomic E-state index is 6.10. The largest absolute Gasteiger partial charge is 0.492 e. The highest BCUT2D eigenvalue weighted by Crippen LogP contribution is 2.39. The lowest BCUT2D eigenvalue weighted by Crippen LogP contribution is -2.52. The molecule has 1 aromatic carbocycles. The van der Waals surface area contributed by atoms with E-state index in [-0.39, 0.29) is 5.54 Å². The molecule has 1 aromatic rings. The van der Waals surface area contributed by atoms with Crippen molar-refractivity contribution in [2.45, 2.75) is 38.3 Å². The van der Waals surface area contributed by atoms with Crippen LogP contribution >= 0.6 is 0 Å². The lowest BCUT2D eigenvalue weighted by Gasteiger charge is -2.40. The minimum Gasteiger partial charge on any atom is -0.492 e. The maximum atomic E-state index is 6.10. The first kappa shape index (κ1) is 12.9. The zero-order valence-electron chi connectivity index (χ0n) is 11.8. The van der Waals surface area contributed by atoms with Crippen LogP contribution in [0, 0.1) is 5.92 Å². The van der Waals surface area contributed by atoms with E-state index < -0.39 is 0 Å². The number of nitrogens with two attached hydrogens (primary N) is 1. The lowest BCUT2D eigenvalue weighted by molar-refractivity contribution is 0.0806. The molecule has 3 rings (SSSR count). The molecule has 2 N–H and O–H groups in total. The topological polar surface area (TPSA) is 38.5 Å². The quantitative estimate of drug-likeness (QED) is 0.903. The van der Waals surface area contributed by atoms with Gasteiger partial charge in [-0.1, -0.05) is 31.0 Å². The average molecular weight is 260 g/mol. The molecule has 1 atom stereocenters. The Hall–Kier alpha value is -1.06. The monoisotopic (exact) mass is 260 g/mol. The van der Waals surface area contributed by atoms with Crippen molar-refractivity contribution in [2.75, 3.05) is 19.7 Å². The molecular formula is C16H24N2O. The highest BCUT2D eigenvalue weighted by molar-refractivity contribution is 5.34. The van der Waals surface area contributed by atoms with E-state index >= 15 is 0 Å². The normalized spacial score (nSPS) is 23.1. The summed E-state index contributed by atoms with van der Waals surface area (Å²) < 4.78 is 5.86. The molecule has 0 saturated heterocycles. The molecule has 1 aliphatic heterocycles. The molecule has 0 spiro atoms. The second kappa shape index (κ2) is 5.14. The van der Waals surface area contributed by atoms with Crippen molar-refractivity contribution in [2.24, 2.45) is 11.7 Å². The van der Waals surface area contributed by atoms with E-state index in [0.29, 0.717) is 0 Å². The Morgan fingerprint density at radius 2 is 2.16 bits per heavy atom. The van der Waals surface area contributed by atoms with Gasteiger partial charge in [0, 0.05) is 30.7 Å². The number of nitrogens with zero attached hydrogens (tertiary/aromatic N) is 1. The summed E-state index contributed by atoms with van der Waals surface area (Å²) in [6.45, 7) is 5.73. The van der Waals surface area contributed by atoms with Gasteiger partial charge in [-0.05, 0) is 25.3 Å². The van der Waals surface area contributed by atoms with Crippen LogP contribution in [0.5, 0.6) is 5.75 Å². The van der Waals surface area contributed by atoms with Crippen LogP contribution in [0.4, 0.5) is 0 Å². The molecular weight excluding hydrogens is 236 g/mol. The zero-order valence-corrected chi connectivity index (χ0v) is 11.8. The van der Waals surface area contributed by atoms with E-state index in [1.54, 1.807) is 0 Å². The van der Waals surface area contributed by atoms with E-state index in [1.165, 1.54) is 24.8 Å². The van der Waals surface area contributed by atoms with E-state index in [9.17, 15) is 0 Å². The molecule has 1 unspecified atom stereocenters. The number of hydrogen-bond donors (Lipinski definition) is 1. The second-order valence-electron chi connectivity index (χ2n) is 6.23.